The molecule has 0 radical (unpaired) electrons. The first-order chi connectivity index (χ1) is 7.20. The number of carbonyl (C=O) groups excluding carboxylic acids is 1. The second-order valence-electron chi connectivity index (χ2n) is 3.95. The molecule has 0 spiro atoms. The van der Waals surface area contributed by atoms with Crippen LogP contribution in [0, 0.1) is 0 Å². The monoisotopic (exact) mass is 233 g/mol. The summed E-state index contributed by atoms with van der Waals surface area (Å²) in [6.45, 7) is 4.95. The normalized spacial score (nSPS) is 12.5. The molecule has 0 heterocycles. The zero-order valence-electron chi connectivity index (χ0n) is 10.0. The minimum Gasteiger partial charge on any atom is -0.356 e. The van der Waals surface area contributed by atoms with Gasteiger partial charge in [-0.3, -0.25) is 4.79 Å². The van der Waals surface area contributed by atoms with Crippen molar-refractivity contribution in [2.45, 2.75) is 64.2 Å². The Morgan fingerprint density at radius 1 is 1.27 bits per heavy atom. The van der Waals surface area contributed by atoms with E-state index < -0.39 is 0 Å². The Hall–Kier alpha value is -0.240. The summed E-state index contributed by atoms with van der Waals surface area (Å²) in [7, 11) is 0. The molecule has 0 aliphatic rings. The molecule has 0 aromatic carbocycles. The molecule has 0 aliphatic carbocycles. The van der Waals surface area contributed by atoms with Gasteiger partial charge in [-0.1, -0.05) is 33.1 Å². The van der Waals surface area contributed by atoms with Crippen LogP contribution < -0.4 is 5.32 Å². The zero-order valence-corrected chi connectivity index (χ0v) is 10.8. The fourth-order valence-electron chi connectivity index (χ4n) is 1.37. The van der Waals surface area contributed by atoms with Crippen molar-refractivity contribution in [1.29, 1.82) is 0 Å². The first-order valence-electron chi connectivity index (χ1n) is 6.11. The van der Waals surface area contributed by atoms with E-state index in [-0.39, 0.29) is 11.3 Å². The maximum atomic E-state index is 11.3. The maximum Gasteiger partial charge on any atom is 0.219 e. The van der Waals surface area contributed by atoms with Gasteiger partial charge in [0.05, 0.1) is 0 Å². The standard InChI is InChI=1S/C12H24ClNO/c1-3-5-6-7-8-12(15)14-10-9-11(13)4-2/h11H,3-10H2,1-2H3,(H,14,15). The van der Waals surface area contributed by atoms with E-state index in [2.05, 4.69) is 19.2 Å². The number of halogens is 1. The van der Waals surface area contributed by atoms with Crippen LogP contribution in [0.5, 0.6) is 0 Å². The summed E-state index contributed by atoms with van der Waals surface area (Å²) in [5.74, 6) is 0.172. The first-order valence-corrected chi connectivity index (χ1v) is 6.55. The van der Waals surface area contributed by atoms with Crippen LogP contribution in [0.4, 0.5) is 0 Å². The highest BCUT2D eigenvalue weighted by molar-refractivity contribution is 6.20. The highest BCUT2D eigenvalue weighted by Gasteiger charge is 2.03. The lowest BCUT2D eigenvalue weighted by atomic mass is 10.1. The molecule has 0 bridgehead atoms. The van der Waals surface area contributed by atoms with Gasteiger partial charge in [0.15, 0.2) is 0 Å². The number of alkyl halides is 1. The molecular formula is C12H24ClNO. The van der Waals surface area contributed by atoms with Crippen LogP contribution in [0.2, 0.25) is 0 Å². The molecule has 1 N–H and O–H groups in total. The van der Waals surface area contributed by atoms with Crippen molar-refractivity contribution in [3.8, 4) is 0 Å². The van der Waals surface area contributed by atoms with Gasteiger partial charge in [-0.05, 0) is 19.3 Å². The fourth-order valence-corrected chi connectivity index (χ4v) is 1.48. The summed E-state index contributed by atoms with van der Waals surface area (Å²) in [6, 6.07) is 0. The van der Waals surface area contributed by atoms with E-state index >= 15 is 0 Å². The van der Waals surface area contributed by atoms with Crippen LogP contribution in [0.1, 0.15) is 58.8 Å². The summed E-state index contributed by atoms with van der Waals surface area (Å²) in [6.07, 6.45) is 7.12. The number of carbonyl (C=O) groups is 1. The van der Waals surface area contributed by atoms with Gasteiger partial charge in [-0.25, -0.2) is 0 Å². The van der Waals surface area contributed by atoms with E-state index in [9.17, 15) is 4.79 Å². The highest BCUT2D eigenvalue weighted by Crippen LogP contribution is 2.05. The SMILES string of the molecule is CCCCCCC(=O)NCCC(Cl)CC. The molecule has 15 heavy (non-hydrogen) atoms. The summed E-state index contributed by atoms with van der Waals surface area (Å²) in [4.78, 5) is 11.3. The van der Waals surface area contributed by atoms with Crippen LogP contribution in [0.15, 0.2) is 0 Å². The third-order valence-electron chi connectivity index (χ3n) is 2.48. The number of amides is 1. The zero-order chi connectivity index (χ0) is 11.5. The molecule has 1 unspecified atom stereocenters. The van der Waals surface area contributed by atoms with Gasteiger partial charge < -0.3 is 5.32 Å². The molecule has 90 valence electrons. The van der Waals surface area contributed by atoms with Crippen LogP contribution in [-0.2, 0) is 4.79 Å². The third-order valence-corrected chi connectivity index (χ3v) is 3.01. The predicted octanol–water partition coefficient (Wildman–Crippen LogP) is 3.48. The van der Waals surface area contributed by atoms with Gasteiger partial charge in [0.1, 0.15) is 0 Å². The van der Waals surface area contributed by atoms with E-state index in [1.165, 1.54) is 12.8 Å². The Balaban J connectivity index is 3.26. The lowest BCUT2D eigenvalue weighted by Crippen LogP contribution is -2.25. The number of hydrogen-bond donors (Lipinski definition) is 1. The Kier molecular flexibility index (Phi) is 10.1. The Labute approximate surface area is 98.8 Å². The summed E-state index contributed by atoms with van der Waals surface area (Å²) in [5.41, 5.74) is 0. The van der Waals surface area contributed by atoms with Gasteiger partial charge >= 0.3 is 0 Å². The molecule has 2 nitrogen and oxygen atoms in total. The third kappa shape index (κ3) is 10.1. The van der Waals surface area contributed by atoms with Crippen molar-refractivity contribution in [2.24, 2.45) is 0 Å². The summed E-state index contributed by atoms with van der Waals surface area (Å²) in [5, 5.41) is 3.10. The van der Waals surface area contributed by atoms with Crippen molar-refractivity contribution in [3.63, 3.8) is 0 Å². The minimum atomic E-state index is 0.172. The molecule has 0 fully saturated rings. The molecule has 1 atom stereocenters. The van der Waals surface area contributed by atoms with Gasteiger partial charge in [-0.15, -0.1) is 11.6 Å². The minimum absolute atomic E-state index is 0.172. The van der Waals surface area contributed by atoms with E-state index in [4.69, 9.17) is 11.6 Å². The number of unbranched alkanes of at least 4 members (excludes halogenated alkanes) is 3. The smallest absolute Gasteiger partial charge is 0.219 e. The molecule has 0 aromatic rings. The largest absolute Gasteiger partial charge is 0.356 e. The molecule has 0 saturated carbocycles. The molecule has 0 rings (SSSR count). The van der Waals surface area contributed by atoms with Crippen molar-refractivity contribution in [1.82, 2.24) is 5.32 Å². The van der Waals surface area contributed by atoms with E-state index in [1.54, 1.807) is 0 Å². The average molecular weight is 234 g/mol. The highest BCUT2D eigenvalue weighted by atomic mass is 35.5. The van der Waals surface area contributed by atoms with Crippen molar-refractivity contribution in [2.75, 3.05) is 6.54 Å². The molecule has 1 amide bonds. The Bertz CT molecular complexity index is 162. The topological polar surface area (TPSA) is 29.1 Å². The lowest BCUT2D eigenvalue weighted by Gasteiger charge is -2.07. The van der Waals surface area contributed by atoms with Crippen LogP contribution in [0.25, 0.3) is 0 Å². The van der Waals surface area contributed by atoms with Crippen molar-refractivity contribution < 1.29 is 4.79 Å². The van der Waals surface area contributed by atoms with Crippen molar-refractivity contribution in [3.05, 3.63) is 0 Å². The predicted molar refractivity (Wildman–Crippen MR) is 66.3 cm³/mol. The maximum absolute atomic E-state index is 11.3. The van der Waals surface area contributed by atoms with Crippen LogP contribution in [0.3, 0.4) is 0 Å². The Morgan fingerprint density at radius 3 is 2.60 bits per heavy atom. The van der Waals surface area contributed by atoms with Gasteiger partial charge in [-0.2, -0.15) is 0 Å². The quantitative estimate of drug-likeness (QED) is 0.480. The van der Waals surface area contributed by atoms with E-state index in [0.29, 0.717) is 13.0 Å². The molecular weight excluding hydrogens is 210 g/mol. The number of rotatable bonds is 9. The molecule has 0 aliphatic heterocycles. The van der Waals surface area contributed by atoms with Gasteiger partial charge in [0.25, 0.3) is 0 Å². The molecule has 0 saturated heterocycles. The molecule has 3 heteroatoms. The molecule has 0 aromatic heterocycles. The van der Waals surface area contributed by atoms with Gasteiger partial charge in [0, 0.05) is 18.3 Å². The van der Waals surface area contributed by atoms with Crippen molar-refractivity contribution >= 4 is 17.5 Å². The fraction of sp³-hybridized carbons (Fsp3) is 0.917. The second-order valence-corrected chi connectivity index (χ2v) is 4.57. The van der Waals surface area contributed by atoms with E-state index in [0.717, 1.165) is 25.7 Å². The van der Waals surface area contributed by atoms with Gasteiger partial charge in [0.2, 0.25) is 5.91 Å². The number of hydrogen-bond acceptors (Lipinski definition) is 1. The first kappa shape index (κ1) is 14.8. The van der Waals surface area contributed by atoms with E-state index in [1.807, 2.05) is 0 Å². The summed E-state index contributed by atoms with van der Waals surface area (Å²) < 4.78 is 0. The average Bonchev–Trinajstić information content (AvgIpc) is 2.24. The summed E-state index contributed by atoms with van der Waals surface area (Å²) >= 11 is 5.94. The van der Waals surface area contributed by atoms with Crippen LogP contribution >= 0.6 is 11.6 Å². The number of nitrogens with one attached hydrogen (secondary N) is 1. The second kappa shape index (κ2) is 10.3. The lowest BCUT2D eigenvalue weighted by molar-refractivity contribution is -0.121. The Morgan fingerprint density at radius 2 is 2.00 bits per heavy atom. The van der Waals surface area contributed by atoms with Crippen LogP contribution in [-0.4, -0.2) is 17.8 Å².